The fourth-order valence-electron chi connectivity index (χ4n) is 2.81. The second-order valence-electron chi connectivity index (χ2n) is 5.71. The molecule has 0 bridgehead atoms. The third-order valence-electron chi connectivity index (χ3n) is 4.08. The zero-order valence-electron chi connectivity index (χ0n) is 14.0. The number of rotatable bonds is 6. The fourth-order valence-corrected chi connectivity index (χ4v) is 3.69. The van der Waals surface area contributed by atoms with Gasteiger partial charge in [0.15, 0.2) is 0 Å². The van der Waals surface area contributed by atoms with Gasteiger partial charge in [0.25, 0.3) is 0 Å². The summed E-state index contributed by atoms with van der Waals surface area (Å²) in [5.74, 6) is 1.78. The summed E-state index contributed by atoms with van der Waals surface area (Å²) >= 11 is 2.41. The molecule has 0 aliphatic heterocycles. The van der Waals surface area contributed by atoms with Gasteiger partial charge in [0.05, 0.1) is 13.7 Å². The van der Waals surface area contributed by atoms with Gasteiger partial charge in [-0.05, 0) is 64.2 Å². The highest BCUT2D eigenvalue weighted by atomic mass is 127. The first-order valence-corrected chi connectivity index (χ1v) is 9.31. The Kier molecular flexibility index (Phi) is 5.61. The number of ether oxygens (including phenoxy) is 2. The van der Waals surface area contributed by atoms with E-state index < -0.39 is 0 Å². The van der Waals surface area contributed by atoms with Crippen LogP contribution in [0.1, 0.15) is 19.8 Å². The Morgan fingerprint density at radius 3 is 2.46 bits per heavy atom. The maximum absolute atomic E-state index is 6.07. The van der Waals surface area contributed by atoms with Gasteiger partial charge in [0.2, 0.25) is 0 Å². The number of benzene rings is 3. The first kappa shape index (κ1) is 17.1. The third-order valence-corrected chi connectivity index (χ3v) is 4.93. The van der Waals surface area contributed by atoms with Gasteiger partial charge in [-0.15, -0.1) is 0 Å². The van der Waals surface area contributed by atoms with Crippen molar-refractivity contribution in [1.29, 1.82) is 0 Å². The number of fused-ring (bicyclic) bond motifs is 1. The molecule has 0 radical (unpaired) electrons. The molecule has 3 rings (SSSR count). The molecule has 0 aliphatic rings. The maximum Gasteiger partial charge on any atom is 0.128 e. The van der Waals surface area contributed by atoms with Crippen molar-refractivity contribution in [3.05, 3.63) is 58.2 Å². The predicted molar refractivity (Wildman–Crippen MR) is 109 cm³/mol. The van der Waals surface area contributed by atoms with Crippen LogP contribution in [0, 0.1) is 3.57 Å². The summed E-state index contributed by atoms with van der Waals surface area (Å²) < 4.78 is 12.7. The van der Waals surface area contributed by atoms with Crippen molar-refractivity contribution in [1.82, 2.24) is 0 Å². The van der Waals surface area contributed by atoms with E-state index in [0.29, 0.717) is 0 Å². The lowest BCUT2D eigenvalue weighted by molar-refractivity contribution is 0.312. The molecule has 0 amide bonds. The Labute approximate surface area is 156 Å². The molecule has 3 heteroatoms. The van der Waals surface area contributed by atoms with Gasteiger partial charge in [0.1, 0.15) is 11.5 Å². The van der Waals surface area contributed by atoms with E-state index in [2.05, 4.69) is 72.0 Å². The Morgan fingerprint density at radius 2 is 1.75 bits per heavy atom. The third kappa shape index (κ3) is 3.51. The van der Waals surface area contributed by atoms with Crippen molar-refractivity contribution in [3.63, 3.8) is 0 Å². The summed E-state index contributed by atoms with van der Waals surface area (Å²) in [6, 6.07) is 18.9. The number of halogens is 1. The molecule has 0 unspecified atom stereocenters. The Hall–Kier alpha value is -1.75. The number of hydrogen-bond acceptors (Lipinski definition) is 2. The Balaban J connectivity index is 2.20. The summed E-state index contributed by atoms with van der Waals surface area (Å²) in [5, 5.41) is 2.30. The highest BCUT2D eigenvalue weighted by molar-refractivity contribution is 14.1. The smallest absolute Gasteiger partial charge is 0.128 e. The minimum Gasteiger partial charge on any atom is -0.497 e. The highest BCUT2D eigenvalue weighted by Crippen LogP contribution is 2.40. The van der Waals surface area contributed by atoms with E-state index in [1.165, 1.54) is 20.1 Å². The van der Waals surface area contributed by atoms with Crippen molar-refractivity contribution in [3.8, 4) is 22.6 Å². The van der Waals surface area contributed by atoms with Gasteiger partial charge in [-0.2, -0.15) is 0 Å². The molecule has 124 valence electrons. The van der Waals surface area contributed by atoms with Crippen molar-refractivity contribution in [2.24, 2.45) is 0 Å². The molecular formula is C21H21IO2. The van der Waals surface area contributed by atoms with Crippen molar-refractivity contribution < 1.29 is 9.47 Å². The summed E-state index contributed by atoms with van der Waals surface area (Å²) in [4.78, 5) is 0. The van der Waals surface area contributed by atoms with Crippen molar-refractivity contribution in [2.75, 3.05) is 13.7 Å². The topological polar surface area (TPSA) is 18.5 Å². The SMILES string of the molecule is CCCCOc1cc(I)c(-c2ccccc2)c2ccc(OC)cc12. The zero-order valence-corrected chi connectivity index (χ0v) is 16.2. The highest BCUT2D eigenvalue weighted by Gasteiger charge is 2.14. The summed E-state index contributed by atoms with van der Waals surface area (Å²) in [7, 11) is 1.70. The van der Waals surface area contributed by atoms with Crippen molar-refractivity contribution in [2.45, 2.75) is 19.8 Å². The van der Waals surface area contributed by atoms with E-state index in [1.54, 1.807) is 7.11 Å². The van der Waals surface area contributed by atoms with E-state index in [1.807, 2.05) is 12.1 Å². The number of unbranched alkanes of at least 4 members (excludes halogenated alkanes) is 1. The quantitative estimate of drug-likeness (QED) is 0.336. The molecule has 3 aromatic carbocycles. The van der Waals surface area contributed by atoms with E-state index in [0.717, 1.165) is 36.3 Å². The molecule has 0 saturated carbocycles. The van der Waals surface area contributed by atoms with Crippen LogP contribution >= 0.6 is 22.6 Å². The average Bonchev–Trinajstić information content (AvgIpc) is 2.62. The maximum atomic E-state index is 6.07. The van der Waals surface area contributed by atoms with Gasteiger partial charge in [-0.1, -0.05) is 43.7 Å². The van der Waals surface area contributed by atoms with Crippen LogP contribution in [0.15, 0.2) is 54.6 Å². The second kappa shape index (κ2) is 7.88. The van der Waals surface area contributed by atoms with Gasteiger partial charge >= 0.3 is 0 Å². The van der Waals surface area contributed by atoms with Gasteiger partial charge < -0.3 is 9.47 Å². The molecule has 0 fully saturated rings. The molecule has 3 aromatic rings. The first-order chi connectivity index (χ1) is 11.7. The molecule has 0 N–H and O–H groups in total. The van der Waals surface area contributed by atoms with E-state index in [-0.39, 0.29) is 0 Å². The van der Waals surface area contributed by atoms with Gasteiger partial charge in [0, 0.05) is 14.5 Å². The Morgan fingerprint density at radius 1 is 0.958 bits per heavy atom. The van der Waals surface area contributed by atoms with Crippen LogP contribution in [-0.2, 0) is 0 Å². The molecule has 0 heterocycles. The molecule has 0 saturated heterocycles. The second-order valence-corrected chi connectivity index (χ2v) is 6.87. The van der Waals surface area contributed by atoms with Crippen LogP contribution in [-0.4, -0.2) is 13.7 Å². The minimum absolute atomic E-state index is 0.740. The molecule has 0 aliphatic carbocycles. The summed E-state index contributed by atoms with van der Waals surface area (Å²) in [5.41, 5.74) is 2.47. The van der Waals surface area contributed by atoms with Gasteiger partial charge in [-0.3, -0.25) is 0 Å². The van der Waals surface area contributed by atoms with E-state index in [4.69, 9.17) is 9.47 Å². The van der Waals surface area contributed by atoms with Crippen molar-refractivity contribution >= 4 is 33.4 Å². The van der Waals surface area contributed by atoms with Crippen LogP contribution in [0.5, 0.6) is 11.5 Å². The lowest BCUT2D eigenvalue weighted by atomic mass is 9.97. The van der Waals surface area contributed by atoms with Crippen LogP contribution in [0.25, 0.3) is 21.9 Å². The molecule has 2 nitrogen and oxygen atoms in total. The molecule has 0 aromatic heterocycles. The summed E-state index contributed by atoms with van der Waals surface area (Å²) in [6.07, 6.45) is 2.18. The lowest BCUT2D eigenvalue weighted by Crippen LogP contribution is -1.99. The van der Waals surface area contributed by atoms with Gasteiger partial charge in [-0.25, -0.2) is 0 Å². The zero-order chi connectivity index (χ0) is 16.9. The number of methoxy groups -OCH3 is 1. The van der Waals surface area contributed by atoms with E-state index >= 15 is 0 Å². The fraction of sp³-hybridized carbons (Fsp3) is 0.238. The number of hydrogen-bond donors (Lipinski definition) is 0. The minimum atomic E-state index is 0.740. The largest absolute Gasteiger partial charge is 0.497 e. The van der Waals surface area contributed by atoms with Crippen LogP contribution < -0.4 is 9.47 Å². The first-order valence-electron chi connectivity index (χ1n) is 8.23. The molecule has 24 heavy (non-hydrogen) atoms. The normalized spacial score (nSPS) is 10.8. The standard InChI is InChI=1S/C21H21IO2/c1-3-4-12-24-20-14-19(22)21(15-8-6-5-7-9-15)17-11-10-16(23-2)13-18(17)20/h5-11,13-14H,3-4,12H2,1-2H3. The Bertz CT molecular complexity index is 828. The molecular weight excluding hydrogens is 411 g/mol. The lowest BCUT2D eigenvalue weighted by Gasteiger charge is -2.16. The monoisotopic (exact) mass is 432 g/mol. The predicted octanol–water partition coefficient (Wildman–Crippen LogP) is 6.30. The van der Waals surface area contributed by atoms with Crippen LogP contribution in [0.4, 0.5) is 0 Å². The van der Waals surface area contributed by atoms with E-state index in [9.17, 15) is 0 Å². The molecule has 0 atom stereocenters. The molecule has 0 spiro atoms. The van der Waals surface area contributed by atoms with Crippen LogP contribution in [0.2, 0.25) is 0 Å². The average molecular weight is 432 g/mol. The summed E-state index contributed by atoms with van der Waals surface area (Å²) in [6.45, 7) is 2.91. The van der Waals surface area contributed by atoms with Crippen LogP contribution in [0.3, 0.4) is 0 Å².